The normalized spacial score (nSPS) is 15.9. The molecule has 0 aliphatic heterocycles. The lowest BCUT2D eigenvalue weighted by Gasteiger charge is -2.39. The Morgan fingerprint density at radius 2 is 1.67 bits per heavy atom. The highest BCUT2D eigenvalue weighted by Crippen LogP contribution is 2.23. The van der Waals surface area contributed by atoms with E-state index in [2.05, 4.69) is 5.32 Å². The third kappa shape index (κ3) is 4.80. The number of nitrogens with one attached hydrogen (secondary N) is 2. The zero-order valence-corrected chi connectivity index (χ0v) is 15.4. The van der Waals surface area contributed by atoms with Crippen LogP contribution in [0.15, 0.2) is 60.7 Å². The molecule has 5 nitrogen and oxygen atoms in total. The molecule has 0 radical (unpaired) electrons. The first kappa shape index (κ1) is 20.8. The van der Waals surface area contributed by atoms with Crippen molar-refractivity contribution in [1.29, 1.82) is 0 Å². The van der Waals surface area contributed by atoms with Crippen molar-refractivity contribution in [2.24, 2.45) is 0 Å². The maximum absolute atomic E-state index is 13.1. The molecule has 2 aromatic carbocycles. The van der Waals surface area contributed by atoms with Crippen LogP contribution in [0.4, 0.5) is 4.39 Å². The van der Waals surface area contributed by atoms with Crippen molar-refractivity contribution >= 4 is 12.0 Å². The van der Waals surface area contributed by atoms with E-state index < -0.39 is 23.7 Å². The second kappa shape index (κ2) is 8.90. The van der Waals surface area contributed by atoms with Crippen LogP contribution in [0.5, 0.6) is 0 Å². The molecule has 144 valence electrons. The summed E-state index contributed by atoms with van der Waals surface area (Å²) in [6.07, 6.45) is 3.61. The van der Waals surface area contributed by atoms with Gasteiger partial charge in [-0.2, -0.15) is 0 Å². The van der Waals surface area contributed by atoms with Crippen molar-refractivity contribution in [2.45, 2.75) is 25.0 Å². The predicted octanol–water partition coefficient (Wildman–Crippen LogP) is 2.94. The molecule has 0 saturated heterocycles. The third-order valence-corrected chi connectivity index (χ3v) is 4.79. The lowest BCUT2D eigenvalue weighted by atomic mass is 9.82. The standard InChI is InChI=1S/C21H25FN2O3/c1-20(26,15-22)21(2,19(25)24-27)23-14-6-7-16-10-12-18(13-11-16)17-8-4-3-5-9-17/h3-13,23,26-27H,14-15H2,1-2H3,(H,24,25). The smallest absolute Gasteiger partial charge is 0.266 e. The molecule has 0 aliphatic rings. The summed E-state index contributed by atoms with van der Waals surface area (Å²) in [5, 5.41) is 21.9. The SMILES string of the molecule is CC(O)(CF)C(C)(NCC=Cc1ccc(-c2ccccc2)cc1)C(=O)NO. The summed E-state index contributed by atoms with van der Waals surface area (Å²) in [5.74, 6) is -0.911. The van der Waals surface area contributed by atoms with Gasteiger partial charge in [-0.1, -0.05) is 66.7 Å². The van der Waals surface area contributed by atoms with E-state index >= 15 is 0 Å². The Kier molecular flexibility index (Phi) is 6.85. The van der Waals surface area contributed by atoms with Crippen LogP contribution < -0.4 is 10.8 Å². The van der Waals surface area contributed by atoms with E-state index in [-0.39, 0.29) is 6.54 Å². The van der Waals surface area contributed by atoms with Gasteiger partial charge in [0.1, 0.15) is 17.8 Å². The summed E-state index contributed by atoms with van der Waals surface area (Å²) in [4.78, 5) is 11.9. The van der Waals surface area contributed by atoms with Crippen LogP contribution in [-0.4, -0.2) is 40.6 Å². The fourth-order valence-corrected chi connectivity index (χ4v) is 2.64. The molecule has 0 aromatic heterocycles. The average molecular weight is 372 g/mol. The largest absolute Gasteiger partial charge is 0.385 e. The lowest BCUT2D eigenvalue weighted by molar-refractivity contribution is -0.148. The van der Waals surface area contributed by atoms with Gasteiger partial charge in [0.05, 0.1) is 0 Å². The molecular formula is C21H25FN2O3. The predicted molar refractivity (Wildman–Crippen MR) is 104 cm³/mol. The molecule has 6 heteroatoms. The van der Waals surface area contributed by atoms with E-state index in [1.807, 2.05) is 60.7 Å². The number of halogens is 1. The van der Waals surface area contributed by atoms with Crippen LogP contribution in [0, 0.1) is 0 Å². The van der Waals surface area contributed by atoms with Gasteiger partial charge in [-0.05, 0) is 30.5 Å². The van der Waals surface area contributed by atoms with Gasteiger partial charge in [-0.25, -0.2) is 9.87 Å². The fraction of sp³-hybridized carbons (Fsp3) is 0.286. The highest BCUT2D eigenvalue weighted by atomic mass is 19.1. The number of rotatable bonds is 8. The van der Waals surface area contributed by atoms with E-state index in [4.69, 9.17) is 5.21 Å². The zero-order chi connectivity index (χ0) is 19.9. The summed E-state index contributed by atoms with van der Waals surface area (Å²) in [5.41, 5.74) is 0.998. The van der Waals surface area contributed by atoms with Crippen LogP contribution in [0.1, 0.15) is 19.4 Å². The first-order chi connectivity index (χ1) is 12.8. The molecule has 0 bridgehead atoms. The summed E-state index contributed by atoms with van der Waals surface area (Å²) >= 11 is 0. The van der Waals surface area contributed by atoms with Crippen molar-refractivity contribution < 1.29 is 19.5 Å². The Hall–Kier alpha value is -2.54. The van der Waals surface area contributed by atoms with Crippen molar-refractivity contribution in [3.05, 3.63) is 66.2 Å². The van der Waals surface area contributed by atoms with E-state index in [0.717, 1.165) is 16.7 Å². The molecule has 2 atom stereocenters. The number of hydrogen-bond acceptors (Lipinski definition) is 4. The number of hydroxylamine groups is 1. The monoisotopic (exact) mass is 372 g/mol. The molecule has 4 N–H and O–H groups in total. The van der Waals surface area contributed by atoms with E-state index in [1.54, 1.807) is 6.08 Å². The van der Waals surface area contributed by atoms with Crippen LogP contribution in [0.3, 0.4) is 0 Å². The molecule has 0 saturated carbocycles. The highest BCUT2D eigenvalue weighted by molar-refractivity contribution is 5.86. The quantitative estimate of drug-likeness (QED) is 0.424. The van der Waals surface area contributed by atoms with E-state index in [9.17, 15) is 14.3 Å². The van der Waals surface area contributed by atoms with Crippen LogP contribution >= 0.6 is 0 Å². The van der Waals surface area contributed by atoms with Gasteiger partial charge in [-0.15, -0.1) is 0 Å². The topological polar surface area (TPSA) is 81.6 Å². The molecule has 0 heterocycles. The maximum atomic E-state index is 13.1. The van der Waals surface area contributed by atoms with Crippen LogP contribution in [0.2, 0.25) is 0 Å². The minimum atomic E-state index is -1.98. The molecule has 2 unspecified atom stereocenters. The fourth-order valence-electron chi connectivity index (χ4n) is 2.64. The Labute approximate surface area is 158 Å². The summed E-state index contributed by atoms with van der Waals surface area (Å²) in [7, 11) is 0. The molecule has 0 spiro atoms. The van der Waals surface area contributed by atoms with E-state index in [0.29, 0.717) is 0 Å². The Bertz CT molecular complexity index is 776. The molecule has 1 amide bonds. The molecule has 2 aromatic rings. The number of aliphatic hydroxyl groups is 1. The van der Waals surface area contributed by atoms with E-state index in [1.165, 1.54) is 19.3 Å². The van der Waals surface area contributed by atoms with Gasteiger partial charge < -0.3 is 5.11 Å². The first-order valence-electron chi connectivity index (χ1n) is 8.64. The first-order valence-corrected chi connectivity index (χ1v) is 8.64. The Morgan fingerprint density at radius 1 is 1.07 bits per heavy atom. The highest BCUT2D eigenvalue weighted by Gasteiger charge is 2.49. The van der Waals surface area contributed by atoms with Crippen LogP contribution in [0.25, 0.3) is 17.2 Å². The number of carbonyl (C=O) groups excluding carboxylic acids is 1. The molecule has 27 heavy (non-hydrogen) atoms. The number of hydrogen-bond donors (Lipinski definition) is 4. The van der Waals surface area contributed by atoms with Crippen molar-refractivity contribution in [1.82, 2.24) is 10.8 Å². The third-order valence-electron chi connectivity index (χ3n) is 4.79. The second-order valence-electron chi connectivity index (χ2n) is 6.74. The van der Waals surface area contributed by atoms with Gasteiger partial charge >= 0.3 is 0 Å². The maximum Gasteiger partial charge on any atom is 0.266 e. The van der Waals surface area contributed by atoms with Gasteiger partial charge in [0.2, 0.25) is 0 Å². The number of amides is 1. The number of carbonyl (C=O) groups is 1. The van der Waals surface area contributed by atoms with Gasteiger partial charge in [-0.3, -0.25) is 15.3 Å². The molecule has 0 fully saturated rings. The minimum absolute atomic E-state index is 0.195. The van der Waals surface area contributed by atoms with Crippen molar-refractivity contribution in [3.63, 3.8) is 0 Å². The second-order valence-corrected chi connectivity index (χ2v) is 6.74. The lowest BCUT2D eigenvalue weighted by Crippen LogP contribution is -2.68. The minimum Gasteiger partial charge on any atom is -0.385 e. The molecule has 2 rings (SSSR count). The zero-order valence-electron chi connectivity index (χ0n) is 15.4. The molecular weight excluding hydrogens is 347 g/mol. The van der Waals surface area contributed by atoms with Gasteiger partial charge in [0.15, 0.2) is 0 Å². The van der Waals surface area contributed by atoms with Crippen molar-refractivity contribution in [2.75, 3.05) is 13.2 Å². The van der Waals surface area contributed by atoms with Gasteiger partial charge in [0.25, 0.3) is 5.91 Å². The van der Waals surface area contributed by atoms with Crippen molar-refractivity contribution in [3.8, 4) is 11.1 Å². The average Bonchev–Trinajstić information content (AvgIpc) is 2.71. The summed E-state index contributed by atoms with van der Waals surface area (Å²) < 4.78 is 13.1. The summed E-state index contributed by atoms with van der Waals surface area (Å²) in [6, 6.07) is 18.0. The van der Waals surface area contributed by atoms with Crippen LogP contribution in [-0.2, 0) is 4.79 Å². The summed E-state index contributed by atoms with van der Waals surface area (Å²) in [6.45, 7) is 1.58. The van der Waals surface area contributed by atoms with Gasteiger partial charge in [0, 0.05) is 6.54 Å². The number of benzene rings is 2. The number of alkyl halides is 1. The Morgan fingerprint density at radius 3 is 2.22 bits per heavy atom. The molecule has 0 aliphatic carbocycles. The Balaban J connectivity index is 2.03.